The molecule has 1 aliphatic rings. The van der Waals surface area contributed by atoms with E-state index in [4.69, 9.17) is 0 Å². The molecule has 0 spiro atoms. The number of carbonyl (C=O) groups is 1. The van der Waals surface area contributed by atoms with E-state index in [-0.39, 0.29) is 23.3 Å². The maximum atomic E-state index is 12.0. The highest BCUT2D eigenvalue weighted by Crippen LogP contribution is 2.16. The summed E-state index contributed by atoms with van der Waals surface area (Å²) in [6.07, 6.45) is 0.188. The summed E-state index contributed by atoms with van der Waals surface area (Å²) >= 11 is 3.22. The monoisotopic (exact) mass is 318 g/mol. The Kier molecular flexibility index (Phi) is 3.50. The van der Waals surface area contributed by atoms with Crippen molar-refractivity contribution in [2.75, 3.05) is 6.54 Å². The van der Waals surface area contributed by atoms with E-state index in [2.05, 4.69) is 26.0 Å². The van der Waals surface area contributed by atoms with Crippen LogP contribution in [0.1, 0.15) is 6.42 Å². The van der Waals surface area contributed by atoms with Crippen LogP contribution in [-0.2, 0) is 14.8 Å². The van der Waals surface area contributed by atoms with Gasteiger partial charge in [-0.1, -0.05) is 22.0 Å². The second kappa shape index (κ2) is 4.75. The molecule has 1 aromatic carbocycles. The average molecular weight is 319 g/mol. The number of carbonyl (C=O) groups excluding carboxylic acids is 1. The molecule has 0 radical (unpaired) electrons. The van der Waals surface area contributed by atoms with E-state index in [0.717, 1.165) is 0 Å². The summed E-state index contributed by atoms with van der Waals surface area (Å²) in [5.41, 5.74) is 0. The molecular weight excluding hydrogens is 308 g/mol. The first-order valence-corrected chi connectivity index (χ1v) is 7.29. The van der Waals surface area contributed by atoms with Crippen molar-refractivity contribution in [2.24, 2.45) is 0 Å². The lowest BCUT2D eigenvalue weighted by atomic mass is 10.3. The topological polar surface area (TPSA) is 75.3 Å². The van der Waals surface area contributed by atoms with Crippen molar-refractivity contribution in [3.63, 3.8) is 0 Å². The maximum Gasteiger partial charge on any atom is 0.240 e. The third-order valence-electron chi connectivity index (χ3n) is 2.41. The number of hydrogen-bond donors (Lipinski definition) is 2. The zero-order valence-electron chi connectivity index (χ0n) is 8.81. The Bertz CT molecular complexity index is 544. The fourth-order valence-electron chi connectivity index (χ4n) is 1.61. The minimum absolute atomic E-state index is 0.132. The second-order valence-corrected chi connectivity index (χ2v) is 6.41. The van der Waals surface area contributed by atoms with Crippen molar-refractivity contribution < 1.29 is 13.2 Å². The molecule has 0 saturated carbocycles. The molecule has 2 N–H and O–H groups in total. The molecule has 0 bridgehead atoms. The predicted octanol–water partition coefficient (Wildman–Crippen LogP) is 0.616. The van der Waals surface area contributed by atoms with Crippen LogP contribution in [0.4, 0.5) is 0 Å². The first kappa shape index (κ1) is 12.5. The molecule has 1 amide bonds. The van der Waals surface area contributed by atoms with Crippen molar-refractivity contribution >= 4 is 31.9 Å². The Morgan fingerprint density at radius 3 is 2.76 bits per heavy atom. The van der Waals surface area contributed by atoms with Crippen molar-refractivity contribution in [3.8, 4) is 0 Å². The largest absolute Gasteiger partial charge is 0.354 e. The van der Waals surface area contributed by atoms with Crippen molar-refractivity contribution in [2.45, 2.75) is 17.4 Å². The number of nitrogens with one attached hydrogen (secondary N) is 2. The van der Waals surface area contributed by atoms with Gasteiger partial charge in [0.2, 0.25) is 15.9 Å². The van der Waals surface area contributed by atoms with E-state index in [1.165, 1.54) is 12.1 Å². The molecule has 1 aliphatic heterocycles. The van der Waals surface area contributed by atoms with Crippen LogP contribution >= 0.6 is 15.9 Å². The van der Waals surface area contributed by atoms with Gasteiger partial charge in [-0.2, -0.15) is 0 Å². The quantitative estimate of drug-likeness (QED) is 0.857. The number of halogens is 1. The summed E-state index contributed by atoms with van der Waals surface area (Å²) in [7, 11) is -3.56. The molecule has 0 aliphatic carbocycles. The zero-order valence-corrected chi connectivity index (χ0v) is 11.2. The Labute approximate surface area is 108 Å². The van der Waals surface area contributed by atoms with Crippen molar-refractivity contribution in [3.05, 3.63) is 28.7 Å². The van der Waals surface area contributed by atoms with Crippen LogP contribution in [0.3, 0.4) is 0 Å². The summed E-state index contributed by atoms with van der Waals surface area (Å²) in [6, 6.07) is 6.06. The van der Waals surface area contributed by atoms with Gasteiger partial charge in [-0.3, -0.25) is 4.79 Å². The molecule has 1 unspecified atom stereocenters. The van der Waals surface area contributed by atoms with Gasteiger partial charge in [0.1, 0.15) is 0 Å². The molecule has 17 heavy (non-hydrogen) atoms. The van der Waals surface area contributed by atoms with Crippen LogP contribution in [0, 0.1) is 0 Å². The van der Waals surface area contributed by atoms with Crippen LogP contribution in [0.15, 0.2) is 33.6 Å². The van der Waals surface area contributed by atoms with E-state index >= 15 is 0 Å². The highest BCUT2D eigenvalue weighted by Gasteiger charge is 2.26. The number of sulfonamides is 1. The minimum atomic E-state index is -3.56. The Morgan fingerprint density at radius 1 is 1.41 bits per heavy atom. The standard InChI is InChI=1S/C10H11BrN2O3S/c11-7-2-1-3-9(4-7)17(15,16)13-8-5-10(14)12-6-8/h1-4,8,13H,5-6H2,(H,12,14). The summed E-state index contributed by atoms with van der Waals surface area (Å²) < 4.78 is 27.1. The van der Waals surface area contributed by atoms with E-state index in [1.807, 2.05) is 0 Å². The lowest BCUT2D eigenvalue weighted by Gasteiger charge is -2.11. The molecular formula is C10H11BrN2O3S. The molecule has 92 valence electrons. The fourth-order valence-corrected chi connectivity index (χ4v) is 3.44. The smallest absolute Gasteiger partial charge is 0.240 e. The van der Waals surface area contributed by atoms with Gasteiger partial charge in [0.05, 0.1) is 4.90 Å². The first-order chi connectivity index (χ1) is 7.97. The molecule has 5 nitrogen and oxygen atoms in total. The van der Waals surface area contributed by atoms with Gasteiger partial charge in [0.15, 0.2) is 0 Å². The van der Waals surface area contributed by atoms with Gasteiger partial charge in [0.25, 0.3) is 0 Å². The van der Waals surface area contributed by atoms with E-state index in [9.17, 15) is 13.2 Å². The number of hydrogen-bond acceptors (Lipinski definition) is 3. The third-order valence-corrected chi connectivity index (χ3v) is 4.42. The highest BCUT2D eigenvalue weighted by atomic mass is 79.9. The summed E-state index contributed by atoms with van der Waals surface area (Å²) in [6.45, 7) is 0.339. The summed E-state index contributed by atoms with van der Waals surface area (Å²) in [4.78, 5) is 11.2. The molecule has 1 saturated heterocycles. The Balaban J connectivity index is 2.17. The van der Waals surface area contributed by atoms with Crippen LogP contribution in [0.25, 0.3) is 0 Å². The number of amides is 1. The molecule has 1 fully saturated rings. The second-order valence-electron chi connectivity index (χ2n) is 3.78. The molecule has 0 aromatic heterocycles. The van der Waals surface area contributed by atoms with Gasteiger partial charge in [-0.15, -0.1) is 0 Å². The Morgan fingerprint density at radius 2 is 2.18 bits per heavy atom. The average Bonchev–Trinajstić information content (AvgIpc) is 2.63. The summed E-state index contributed by atoms with van der Waals surface area (Å²) in [5, 5.41) is 2.58. The lowest BCUT2D eigenvalue weighted by molar-refractivity contribution is -0.119. The molecule has 1 aromatic rings. The molecule has 2 rings (SSSR count). The first-order valence-electron chi connectivity index (χ1n) is 5.02. The lowest BCUT2D eigenvalue weighted by Crippen LogP contribution is -2.36. The maximum absolute atomic E-state index is 12.0. The van der Waals surface area contributed by atoms with Gasteiger partial charge >= 0.3 is 0 Å². The van der Waals surface area contributed by atoms with Crippen LogP contribution in [0.5, 0.6) is 0 Å². The van der Waals surface area contributed by atoms with Crippen LogP contribution in [-0.4, -0.2) is 26.9 Å². The van der Waals surface area contributed by atoms with Crippen LogP contribution < -0.4 is 10.0 Å². The highest BCUT2D eigenvalue weighted by molar-refractivity contribution is 9.10. The van der Waals surface area contributed by atoms with Gasteiger partial charge < -0.3 is 5.32 Å². The zero-order chi connectivity index (χ0) is 12.5. The number of benzene rings is 1. The van der Waals surface area contributed by atoms with Crippen molar-refractivity contribution in [1.82, 2.24) is 10.0 Å². The van der Waals surface area contributed by atoms with Gasteiger partial charge in [-0.25, -0.2) is 13.1 Å². The van der Waals surface area contributed by atoms with E-state index in [1.54, 1.807) is 12.1 Å². The van der Waals surface area contributed by atoms with Gasteiger partial charge in [-0.05, 0) is 18.2 Å². The fraction of sp³-hybridized carbons (Fsp3) is 0.300. The molecule has 1 atom stereocenters. The minimum Gasteiger partial charge on any atom is -0.354 e. The van der Waals surface area contributed by atoms with E-state index in [0.29, 0.717) is 11.0 Å². The van der Waals surface area contributed by atoms with Crippen LogP contribution in [0.2, 0.25) is 0 Å². The summed E-state index contributed by atoms with van der Waals surface area (Å²) in [5.74, 6) is -0.132. The molecule has 1 heterocycles. The number of rotatable bonds is 3. The normalized spacial score (nSPS) is 20.3. The molecule has 7 heteroatoms. The van der Waals surface area contributed by atoms with Gasteiger partial charge in [0, 0.05) is 23.5 Å². The third kappa shape index (κ3) is 3.05. The van der Waals surface area contributed by atoms with Crippen molar-refractivity contribution in [1.29, 1.82) is 0 Å². The predicted molar refractivity (Wildman–Crippen MR) is 65.9 cm³/mol. The Hall–Kier alpha value is -0.920. The van der Waals surface area contributed by atoms with E-state index < -0.39 is 10.0 Å². The SMILES string of the molecule is O=C1CC(NS(=O)(=O)c2cccc(Br)c2)CN1.